The predicted octanol–water partition coefficient (Wildman–Crippen LogP) is 4.84. The Morgan fingerprint density at radius 3 is 2.33 bits per heavy atom. The number of carbonyl (C=O) groups excluding carboxylic acids is 3. The molecule has 0 radical (unpaired) electrons. The molecular weight excluding hydrogens is 516 g/mol. The van der Waals surface area contributed by atoms with E-state index in [-0.39, 0.29) is 19.0 Å². The fourth-order valence-corrected chi connectivity index (χ4v) is 3.83. The van der Waals surface area contributed by atoms with Crippen LogP contribution in [0.3, 0.4) is 0 Å². The molecular formula is C30H32N2O8. The number of aliphatic hydroxyl groups is 1. The van der Waals surface area contributed by atoms with Crippen molar-refractivity contribution in [2.75, 3.05) is 18.5 Å². The van der Waals surface area contributed by atoms with Gasteiger partial charge >= 0.3 is 6.09 Å². The summed E-state index contributed by atoms with van der Waals surface area (Å²) in [6, 6.07) is 22.4. The second-order valence-electron chi connectivity index (χ2n) is 8.62. The Hall–Kier alpha value is -4.67. The van der Waals surface area contributed by atoms with Gasteiger partial charge in [0.2, 0.25) is 0 Å². The van der Waals surface area contributed by atoms with Gasteiger partial charge in [0.05, 0.1) is 6.61 Å². The molecule has 0 saturated carbocycles. The average molecular weight is 549 g/mol. The Bertz CT molecular complexity index is 1280. The molecule has 3 aromatic rings. The quantitative estimate of drug-likeness (QED) is 0.0970. The van der Waals surface area contributed by atoms with Gasteiger partial charge in [-0.3, -0.25) is 20.1 Å². The number of ether oxygens (including phenoxy) is 3. The molecule has 0 heterocycles. The lowest BCUT2D eigenvalue weighted by Gasteiger charge is -2.29. The Morgan fingerprint density at radius 2 is 1.65 bits per heavy atom. The first-order valence-corrected chi connectivity index (χ1v) is 12.6. The first-order chi connectivity index (χ1) is 19.4. The van der Waals surface area contributed by atoms with Crippen LogP contribution in [-0.4, -0.2) is 47.4 Å². The average Bonchev–Trinajstić information content (AvgIpc) is 2.97. The maximum atomic E-state index is 13.1. The number of ketones is 1. The van der Waals surface area contributed by atoms with Crippen molar-refractivity contribution in [1.82, 2.24) is 5.48 Å². The molecule has 0 aliphatic rings. The molecule has 0 spiro atoms. The lowest BCUT2D eigenvalue weighted by molar-refractivity contribution is -0.124. The predicted molar refractivity (Wildman–Crippen MR) is 147 cm³/mol. The summed E-state index contributed by atoms with van der Waals surface area (Å²) >= 11 is 0. The van der Waals surface area contributed by atoms with Crippen LogP contribution in [0, 0.1) is 0 Å². The number of carbonyl (C=O) groups is 3. The van der Waals surface area contributed by atoms with E-state index in [0.29, 0.717) is 41.2 Å². The van der Waals surface area contributed by atoms with Crippen LogP contribution in [0.1, 0.15) is 41.8 Å². The first-order valence-electron chi connectivity index (χ1n) is 12.6. The summed E-state index contributed by atoms with van der Waals surface area (Å²) in [7, 11) is 0. The molecule has 2 amide bonds. The molecule has 4 N–H and O–H groups in total. The summed E-state index contributed by atoms with van der Waals surface area (Å²) in [6.07, 6.45) is 0.914. The molecule has 2 atom stereocenters. The van der Waals surface area contributed by atoms with Crippen LogP contribution >= 0.6 is 0 Å². The van der Waals surface area contributed by atoms with Crippen LogP contribution in [0.25, 0.3) is 0 Å². The SMILES string of the molecule is CC(=O)c1ccc(NC(=O)O[C@@H](c2ccccc2OCCO)[C@H](CC/C=C/C(=O)NO)Oc2ccccc2)cc1. The summed E-state index contributed by atoms with van der Waals surface area (Å²) in [6.45, 7) is 1.27. The monoisotopic (exact) mass is 548 g/mol. The maximum Gasteiger partial charge on any atom is 0.412 e. The van der Waals surface area contributed by atoms with Crippen LogP contribution < -0.4 is 20.3 Å². The molecule has 0 unspecified atom stereocenters. The van der Waals surface area contributed by atoms with E-state index in [1.54, 1.807) is 66.7 Å². The minimum Gasteiger partial charge on any atom is -0.491 e. The number of benzene rings is 3. The fraction of sp³-hybridized carbons (Fsp3) is 0.233. The van der Waals surface area contributed by atoms with E-state index in [4.69, 9.17) is 19.4 Å². The van der Waals surface area contributed by atoms with Crippen molar-refractivity contribution in [3.05, 3.63) is 102 Å². The van der Waals surface area contributed by atoms with Crippen LogP contribution in [0.15, 0.2) is 91.0 Å². The van der Waals surface area contributed by atoms with E-state index in [1.807, 2.05) is 18.2 Å². The second kappa shape index (κ2) is 15.7. The number of aliphatic hydroxyl groups excluding tert-OH is 1. The molecule has 0 bridgehead atoms. The number of allylic oxidation sites excluding steroid dienone is 1. The van der Waals surface area contributed by atoms with Crippen LogP contribution in [0.4, 0.5) is 10.5 Å². The van der Waals surface area contributed by atoms with Gasteiger partial charge in [-0.1, -0.05) is 42.5 Å². The van der Waals surface area contributed by atoms with Gasteiger partial charge in [0, 0.05) is 22.9 Å². The highest BCUT2D eigenvalue weighted by molar-refractivity contribution is 5.95. The molecule has 3 aromatic carbocycles. The van der Waals surface area contributed by atoms with Crippen LogP contribution in [0.5, 0.6) is 11.5 Å². The number of rotatable bonds is 14. The molecule has 3 rings (SSSR count). The molecule has 0 saturated heterocycles. The lowest BCUT2D eigenvalue weighted by atomic mass is 9.99. The van der Waals surface area contributed by atoms with Crippen molar-refractivity contribution >= 4 is 23.5 Å². The highest BCUT2D eigenvalue weighted by Gasteiger charge is 2.31. The van der Waals surface area contributed by atoms with Gasteiger partial charge in [-0.05, 0) is 62.2 Å². The number of hydrogen-bond donors (Lipinski definition) is 4. The third-order valence-corrected chi connectivity index (χ3v) is 5.71. The fourth-order valence-electron chi connectivity index (χ4n) is 3.83. The zero-order valence-electron chi connectivity index (χ0n) is 22.0. The molecule has 0 aromatic heterocycles. The zero-order valence-corrected chi connectivity index (χ0v) is 22.0. The summed E-state index contributed by atoms with van der Waals surface area (Å²) in [5.74, 6) is 0.163. The van der Waals surface area contributed by atoms with E-state index in [0.717, 1.165) is 0 Å². The highest BCUT2D eigenvalue weighted by atomic mass is 16.6. The molecule has 10 nitrogen and oxygen atoms in total. The van der Waals surface area contributed by atoms with Crippen LogP contribution in [0.2, 0.25) is 0 Å². The topological polar surface area (TPSA) is 143 Å². The van der Waals surface area contributed by atoms with E-state index in [2.05, 4.69) is 5.32 Å². The maximum absolute atomic E-state index is 13.1. The molecule has 0 aliphatic carbocycles. The van der Waals surface area contributed by atoms with E-state index in [9.17, 15) is 19.5 Å². The standard InChI is InChI=1S/C30H32N2O8/c1-21(34)22-15-17-23(18-16-22)31-30(36)40-29(25-11-5-6-12-26(25)38-20-19-33)27(13-7-8-14-28(35)32-37)39-24-9-3-2-4-10-24/h2-6,8-12,14-18,27,29,33,37H,7,13,19-20H2,1H3,(H,31,36)(H,32,35)/b14-8+/t27-,29-/m0/s1. The first kappa shape index (κ1) is 29.9. The summed E-state index contributed by atoms with van der Waals surface area (Å²) in [4.78, 5) is 36.1. The van der Waals surface area contributed by atoms with Gasteiger partial charge in [-0.15, -0.1) is 0 Å². The zero-order chi connectivity index (χ0) is 28.7. The second-order valence-corrected chi connectivity index (χ2v) is 8.62. The van der Waals surface area contributed by atoms with Gasteiger partial charge in [0.25, 0.3) is 5.91 Å². The molecule has 0 fully saturated rings. The van der Waals surface area contributed by atoms with Crippen molar-refractivity contribution < 1.29 is 38.9 Å². The highest BCUT2D eigenvalue weighted by Crippen LogP contribution is 2.34. The number of Topliss-reactive ketones (excluding diaryl/α,β-unsaturated/α-hetero) is 1. The number of anilines is 1. The molecule has 40 heavy (non-hydrogen) atoms. The third-order valence-electron chi connectivity index (χ3n) is 5.71. The number of hydrogen-bond acceptors (Lipinski definition) is 8. The van der Waals surface area contributed by atoms with Crippen molar-refractivity contribution in [2.45, 2.75) is 32.0 Å². The summed E-state index contributed by atoms with van der Waals surface area (Å²) in [5.41, 5.74) is 2.98. The minimum atomic E-state index is -0.980. The molecule has 10 heteroatoms. The Morgan fingerprint density at radius 1 is 0.950 bits per heavy atom. The van der Waals surface area contributed by atoms with Crippen molar-refractivity contribution in [2.24, 2.45) is 0 Å². The largest absolute Gasteiger partial charge is 0.491 e. The van der Waals surface area contributed by atoms with Gasteiger partial charge in [-0.25, -0.2) is 10.3 Å². The molecule has 0 aliphatic heterocycles. The number of nitrogens with one attached hydrogen (secondary N) is 2. The Labute approximate surface area is 232 Å². The third kappa shape index (κ3) is 9.26. The lowest BCUT2D eigenvalue weighted by Crippen LogP contribution is -2.31. The van der Waals surface area contributed by atoms with E-state index in [1.165, 1.54) is 18.5 Å². The Balaban J connectivity index is 1.93. The minimum absolute atomic E-state index is 0.0294. The number of amides is 2. The number of hydroxylamine groups is 1. The van der Waals surface area contributed by atoms with Crippen LogP contribution in [-0.2, 0) is 9.53 Å². The van der Waals surface area contributed by atoms with E-state index < -0.39 is 24.2 Å². The van der Waals surface area contributed by atoms with Gasteiger partial charge in [0.1, 0.15) is 24.2 Å². The Kier molecular flexibility index (Phi) is 11.7. The van der Waals surface area contributed by atoms with Crippen molar-refractivity contribution in [1.29, 1.82) is 0 Å². The number of para-hydroxylation sites is 2. The van der Waals surface area contributed by atoms with E-state index >= 15 is 0 Å². The van der Waals surface area contributed by atoms with Gasteiger partial charge in [-0.2, -0.15) is 0 Å². The van der Waals surface area contributed by atoms with Crippen molar-refractivity contribution in [3.63, 3.8) is 0 Å². The summed E-state index contributed by atoms with van der Waals surface area (Å²) < 4.78 is 18.0. The molecule has 210 valence electrons. The van der Waals surface area contributed by atoms with Gasteiger partial charge in [0.15, 0.2) is 11.9 Å². The summed E-state index contributed by atoms with van der Waals surface area (Å²) in [5, 5.41) is 20.7. The van der Waals surface area contributed by atoms with Gasteiger partial charge < -0.3 is 19.3 Å². The smallest absolute Gasteiger partial charge is 0.412 e. The van der Waals surface area contributed by atoms with Crippen molar-refractivity contribution in [3.8, 4) is 11.5 Å². The normalized spacial score (nSPS) is 12.3.